The number of thiophene rings is 1. The van der Waals surface area contributed by atoms with Gasteiger partial charge in [-0.3, -0.25) is 19.0 Å². The SMILES string of the molecule is CC1CCCN(C(=O)COC(=O)CCn2cnc3sccc3c2=O)C1. The Morgan fingerprint density at radius 3 is 3.08 bits per heavy atom. The summed E-state index contributed by atoms with van der Waals surface area (Å²) in [4.78, 5) is 42.8. The summed E-state index contributed by atoms with van der Waals surface area (Å²) in [6.45, 7) is 3.51. The molecule has 0 saturated carbocycles. The molecule has 7 nitrogen and oxygen atoms in total. The molecule has 1 fully saturated rings. The van der Waals surface area contributed by atoms with E-state index in [0.717, 1.165) is 25.9 Å². The summed E-state index contributed by atoms with van der Waals surface area (Å²) in [5, 5.41) is 2.36. The topological polar surface area (TPSA) is 81.5 Å². The summed E-state index contributed by atoms with van der Waals surface area (Å²) in [5.41, 5.74) is -0.169. The van der Waals surface area contributed by atoms with Gasteiger partial charge in [-0.2, -0.15) is 0 Å². The number of amides is 1. The Bertz CT molecular complexity index is 829. The molecule has 134 valence electrons. The van der Waals surface area contributed by atoms with Gasteiger partial charge >= 0.3 is 5.97 Å². The van der Waals surface area contributed by atoms with Crippen molar-refractivity contribution in [1.29, 1.82) is 0 Å². The summed E-state index contributed by atoms with van der Waals surface area (Å²) in [6.07, 6.45) is 3.58. The van der Waals surface area contributed by atoms with E-state index in [-0.39, 0.29) is 31.0 Å². The Balaban J connectivity index is 1.48. The third-order valence-corrected chi connectivity index (χ3v) is 5.19. The lowest BCUT2D eigenvalue weighted by molar-refractivity contribution is -0.152. The summed E-state index contributed by atoms with van der Waals surface area (Å²) >= 11 is 1.40. The van der Waals surface area contributed by atoms with Gasteiger partial charge in [0, 0.05) is 19.6 Å². The van der Waals surface area contributed by atoms with Gasteiger partial charge in [0.1, 0.15) is 4.83 Å². The van der Waals surface area contributed by atoms with E-state index in [9.17, 15) is 14.4 Å². The van der Waals surface area contributed by atoms with Crippen molar-refractivity contribution in [2.24, 2.45) is 5.92 Å². The molecule has 2 aromatic rings. The second-order valence-corrected chi connectivity index (χ2v) is 7.27. The molecule has 0 spiro atoms. The van der Waals surface area contributed by atoms with Crippen LogP contribution in [0.2, 0.25) is 0 Å². The lowest BCUT2D eigenvalue weighted by Crippen LogP contribution is -2.41. The Morgan fingerprint density at radius 1 is 1.44 bits per heavy atom. The highest BCUT2D eigenvalue weighted by molar-refractivity contribution is 7.16. The van der Waals surface area contributed by atoms with E-state index in [1.165, 1.54) is 22.2 Å². The molecule has 1 aliphatic heterocycles. The maximum Gasteiger partial charge on any atom is 0.308 e. The number of rotatable bonds is 5. The second kappa shape index (κ2) is 7.77. The van der Waals surface area contributed by atoms with Crippen LogP contribution in [-0.4, -0.2) is 46.0 Å². The molecule has 3 heterocycles. The second-order valence-electron chi connectivity index (χ2n) is 6.38. The molecular formula is C17H21N3O4S. The summed E-state index contributed by atoms with van der Waals surface area (Å²) in [5.74, 6) is -0.158. The van der Waals surface area contributed by atoms with Crippen LogP contribution in [0.1, 0.15) is 26.2 Å². The van der Waals surface area contributed by atoms with Gasteiger partial charge in [0.15, 0.2) is 6.61 Å². The average Bonchev–Trinajstić information content (AvgIpc) is 3.08. The number of carbonyl (C=O) groups excluding carboxylic acids is 2. The number of aromatic nitrogens is 2. The van der Waals surface area contributed by atoms with E-state index in [1.54, 1.807) is 11.0 Å². The van der Waals surface area contributed by atoms with Crippen LogP contribution >= 0.6 is 11.3 Å². The Kier molecular flexibility index (Phi) is 5.47. The first-order chi connectivity index (χ1) is 12.0. The van der Waals surface area contributed by atoms with E-state index >= 15 is 0 Å². The molecule has 1 unspecified atom stereocenters. The molecule has 0 radical (unpaired) electrons. The van der Waals surface area contributed by atoms with Gasteiger partial charge in [-0.15, -0.1) is 11.3 Å². The minimum atomic E-state index is -0.490. The van der Waals surface area contributed by atoms with Crippen molar-refractivity contribution < 1.29 is 14.3 Å². The zero-order valence-electron chi connectivity index (χ0n) is 14.1. The molecule has 0 bridgehead atoms. The number of fused-ring (bicyclic) bond motifs is 1. The number of hydrogen-bond acceptors (Lipinski definition) is 6. The molecule has 0 N–H and O–H groups in total. The van der Waals surface area contributed by atoms with Crippen LogP contribution in [0.25, 0.3) is 10.2 Å². The van der Waals surface area contributed by atoms with Crippen molar-refractivity contribution in [2.45, 2.75) is 32.7 Å². The van der Waals surface area contributed by atoms with Crippen LogP contribution in [0.4, 0.5) is 0 Å². The van der Waals surface area contributed by atoms with Gasteiger partial charge in [-0.05, 0) is 30.2 Å². The largest absolute Gasteiger partial charge is 0.456 e. The molecule has 25 heavy (non-hydrogen) atoms. The fourth-order valence-corrected chi connectivity index (χ4v) is 3.71. The molecule has 1 atom stereocenters. The first kappa shape index (κ1) is 17.6. The van der Waals surface area contributed by atoms with Gasteiger partial charge in [0.25, 0.3) is 11.5 Å². The number of carbonyl (C=O) groups is 2. The zero-order valence-corrected chi connectivity index (χ0v) is 15.0. The van der Waals surface area contributed by atoms with Crippen molar-refractivity contribution in [1.82, 2.24) is 14.5 Å². The van der Waals surface area contributed by atoms with Crippen LogP contribution in [0.5, 0.6) is 0 Å². The normalized spacial score (nSPS) is 17.6. The third-order valence-electron chi connectivity index (χ3n) is 4.37. The molecule has 0 aliphatic carbocycles. The van der Waals surface area contributed by atoms with Crippen molar-refractivity contribution in [3.8, 4) is 0 Å². The minimum absolute atomic E-state index is 0.0287. The van der Waals surface area contributed by atoms with Crippen molar-refractivity contribution in [3.63, 3.8) is 0 Å². The molecule has 3 rings (SSSR count). The summed E-state index contributed by atoms with van der Waals surface area (Å²) in [7, 11) is 0. The number of likely N-dealkylation sites (tertiary alicyclic amines) is 1. The molecule has 1 saturated heterocycles. The highest BCUT2D eigenvalue weighted by Gasteiger charge is 2.21. The smallest absolute Gasteiger partial charge is 0.308 e. The van der Waals surface area contributed by atoms with Crippen molar-refractivity contribution >= 4 is 33.4 Å². The maximum absolute atomic E-state index is 12.2. The van der Waals surface area contributed by atoms with E-state index in [1.807, 2.05) is 5.38 Å². The molecular weight excluding hydrogens is 342 g/mol. The lowest BCUT2D eigenvalue weighted by atomic mass is 10.0. The molecule has 2 aromatic heterocycles. The van der Waals surface area contributed by atoms with Crippen molar-refractivity contribution in [2.75, 3.05) is 19.7 Å². The number of piperidine rings is 1. The zero-order chi connectivity index (χ0) is 17.8. The van der Waals surface area contributed by atoms with Crippen LogP contribution in [0, 0.1) is 5.92 Å². The lowest BCUT2D eigenvalue weighted by Gasteiger charge is -2.30. The van der Waals surface area contributed by atoms with E-state index < -0.39 is 5.97 Å². The van der Waals surface area contributed by atoms with E-state index in [0.29, 0.717) is 16.1 Å². The van der Waals surface area contributed by atoms with Crippen LogP contribution < -0.4 is 5.56 Å². The Morgan fingerprint density at radius 2 is 2.28 bits per heavy atom. The van der Waals surface area contributed by atoms with Crippen LogP contribution in [0.3, 0.4) is 0 Å². The predicted octanol–water partition coefficient (Wildman–Crippen LogP) is 1.65. The molecule has 0 aromatic carbocycles. The quantitative estimate of drug-likeness (QED) is 0.755. The first-order valence-corrected chi connectivity index (χ1v) is 9.28. The van der Waals surface area contributed by atoms with Gasteiger partial charge in [-0.1, -0.05) is 6.92 Å². The van der Waals surface area contributed by atoms with Gasteiger partial charge in [0.2, 0.25) is 0 Å². The minimum Gasteiger partial charge on any atom is -0.456 e. The average molecular weight is 363 g/mol. The first-order valence-electron chi connectivity index (χ1n) is 8.40. The standard InChI is InChI=1S/C17H21N3O4S/c1-12-3-2-6-19(9-12)14(21)10-24-15(22)4-7-20-11-18-16-13(17(20)23)5-8-25-16/h5,8,11-12H,2-4,6-7,9-10H2,1H3. The highest BCUT2D eigenvalue weighted by Crippen LogP contribution is 2.15. The van der Waals surface area contributed by atoms with Gasteiger partial charge in [-0.25, -0.2) is 4.98 Å². The fraction of sp³-hybridized carbons (Fsp3) is 0.529. The summed E-state index contributed by atoms with van der Waals surface area (Å²) in [6, 6.07) is 1.72. The molecule has 1 amide bonds. The van der Waals surface area contributed by atoms with E-state index in [4.69, 9.17) is 4.74 Å². The maximum atomic E-state index is 12.2. The Labute approximate surface area is 149 Å². The van der Waals surface area contributed by atoms with E-state index in [2.05, 4.69) is 11.9 Å². The summed E-state index contributed by atoms with van der Waals surface area (Å²) < 4.78 is 6.46. The number of hydrogen-bond donors (Lipinski definition) is 0. The number of esters is 1. The molecule has 1 aliphatic rings. The number of aryl methyl sites for hydroxylation is 1. The third kappa shape index (κ3) is 4.25. The predicted molar refractivity (Wildman–Crippen MR) is 94.4 cm³/mol. The number of ether oxygens (including phenoxy) is 1. The monoisotopic (exact) mass is 363 g/mol. The fourth-order valence-electron chi connectivity index (χ4n) is 2.99. The Hall–Kier alpha value is -2.22. The van der Waals surface area contributed by atoms with Gasteiger partial charge < -0.3 is 9.64 Å². The number of nitrogens with zero attached hydrogens (tertiary/aromatic N) is 3. The van der Waals surface area contributed by atoms with Crippen LogP contribution in [-0.2, 0) is 20.9 Å². The van der Waals surface area contributed by atoms with Gasteiger partial charge in [0.05, 0.1) is 18.1 Å². The van der Waals surface area contributed by atoms with Crippen molar-refractivity contribution in [3.05, 3.63) is 28.1 Å². The van der Waals surface area contributed by atoms with Crippen LogP contribution in [0.15, 0.2) is 22.6 Å². The molecule has 8 heteroatoms. The highest BCUT2D eigenvalue weighted by atomic mass is 32.1.